The standard InChI is InChI=1S/C35H39N5O5Si/c1-35(2,3)46(25-15-9-5-10-16-25,26-17-11-6-12-18-26)44-20-19-28-27(21-41)30(42)34(45-28)40-23-38-31-29(40)32(37-22-36-31)39-33(43)24-13-7-4-8-14-24/h4-18,22-23,27-28,30,34,41-42H,19-21H2,1-3H3,(H,36,37,39,43)/t27-,28-,30-,34-/m1/s1. The third-order valence-corrected chi connectivity index (χ3v) is 13.8. The Morgan fingerprint density at radius 1 is 0.935 bits per heavy atom. The van der Waals surface area contributed by atoms with Gasteiger partial charge in [-0.25, -0.2) is 15.0 Å². The first-order valence-electron chi connectivity index (χ1n) is 15.5. The van der Waals surface area contributed by atoms with E-state index < -0.39 is 32.7 Å². The van der Waals surface area contributed by atoms with Crippen LogP contribution >= 0.6 is 0 Å². The molecule has 4 atom stereocenters. The van der Waals surface area contributed by atoms with Gasteiger partial charge in [0, 0.05) is 18.1 Å². The van der Waals surface area contributed by atoms with Crippen LogP contribution in [0.5, 0.6) is 0 Å². The SMILES string of the molecule is CC(C)(C)[Si](OCC[C@H]1O[C@@H](n2cnc3ncnc(NC(=O)c4ccccc4)c32)[C@H](O)[C@@H]1CO)(c1ccccc1)c1ccccc1. The largest absolute Gasteiger partial charge is 0.407 e. The van der Waals surface area contributed by atoms with E-state index in [2.05, 4.69) is 65.3 Å². The molecule has 2 aromatic heterocycles. The van der Waals surface area contributed by atoms with Crippen LogP contribution in [0, 0.1) is 5.92 Å². The van der Waals surface area contributed by atoms with Crippen LogP contribution < -0.4 is 15.7 Å². The number of nitrogens with zero attached hydrogens (tertiary/aromatic N) is 4. The van der Waals surface area contributed by atoms with Gasteiger partial charge in [-0.2, -0.15) is 0 Å². The fourth-order valence-electron chi connectivity index (χ4n) is 6.55. The minimum absolute atomic E-state index is 0.193. The Balaban J connectivity index is 1.26. The van der Waals surface area contributed by atoms with Crippen LogP contribution in [0.2, 0.25) is 5.04 Å². The van der Waals surface area contributed by atoms with Crippen LogP contribution in [-0.2, 0) is 9.16 Å². The summed E-state index contributed by atoms with van der Waals surface area (Å²) in [7, 11) is -2.78. The van der Waals surface area contributed by atoms with Gasteiger partial charge in [0.25, 0.3) is 14.2 Å². The van der Waals surface area contributed by atoms with Crippen LogP contribution in [0.3, 0.4) is 0 Å². The van der Waals surface area contributed by atoms with Crippen molar-refractivity contribution in [3.8, 4) is 0 Å². The normalized spacial score (nSPS) is 20.2. The molecule has 0 unspecified atom stereocenters. The maximum Gasteiger partial charge on any atom is 0.261 e. The van der Waals surface area contributed by atoms with Crippen molar-refractivity contribution in [2.24, 2.45) is 5.92 Å². The molecule has 238 valence electrons. The summed E-state index contributed by atoms with van der Waals surface area (Å²) in [5.41, 5.74) is 1.23. The number of aliphatic hydroxyl groups excluding tert-OH is 2. The van der Waals surface area contributed by atoms with Gasteiger partial charge in [-0.1, -0.05) is 99.6 Å². The monoisotopic (exact) mass is 637 g/mol. The highest BCUT2D eigenvalue weighted by atomic mass is 28.4. The topological polar surface area (TPSA) is 132 Å². The molecular weight excluding hydrogens is 599 g/mol. The molecule has 46 heavy (non-hydrogen) atoms. The summed E-state index contributed by atoms with van der Waals surface area (Å²) < 4.78 is 15.2. The highest BCUT2D eigenvalue weighted by molar-refractivity contribution is 6.99. The number of nitrogens with one attached hydrogen (secondary N) is 1. The molecule has 0 radical (unpaired) electrons. The molecule has 0 aliphatic carbocycles. The van der Waals surface area contributed by atoms with Crippen molar-refractivity contribution in [1.29, 1.82) is 0 Å². The summed E-state index contributed by atoms with van der Waals surface area (Å²) in [6.45, 7) is 6.76. The van der Waals surface area contributed by atoms with Crippen LogP contribution in [0.4, 0.5) is 5.82 Å². The summed E-state index contributed by atoms with van der Waals surface area (Å²) in [6, 6.07) is 29.6. The number of aliphatic hydroxyl groups is 2. The fraction of sp³-hybridized carbons (Fsp3) is 0.314. The van der Waals surface area contributed by atoms with Gasteiger partial charge in [0.15, 0.2) is 17.7 Å². The maximum absolute atomic E-state index is 13.0. The summed E-state index contributed by atoms with van der Waals surface area (Å²) in [4.78, 5) is 25.9. The molecule has 1 saturated heterocycles. The average molecular weight is 638 g/mol. The first-order valence-corrected chi connectivity index (χ1v) is 17.4. The first kappa shape index (κ1) is 31.7. The molecule has 3 heterocycles. The highest BCUT2D eigenvalue weighted by Gasteiger charge is 2.51. The average Bonchev–Trinajstić information content (AvgIpc) is 3.64. The van der Waals surface area contributed by atoms with E-state index in [0.717, 1.165) is 0 Å². The predicted molar refractivity (Wildman–Crippen MR) is 178 cm³/mol. The number of benzene rings is 3. The van der Waals surface area contributed by atoms with Gasteiger partial charge in [0.2, 0.25) is 0 Å². The van der Waals surface area contributed by atoms with Gasteiger partial charge in [-0.3, -0.25) is 9.36 Å². The Morgan fingerprint density at radius 2 is 1.54 bits per heavy atom. The van der Waals surface area contributed by atoms with Gasteiger partial charge in [-0.05, 0) is 34.0 Å². The molecule has 10 nitrogen and oxygen atoms in total. The van der Waals surface area contributed by atoms with Gasteiger partial charge in [-0.15, -0.1) is 0 Å². The molecule has 6 rings (SSSR count). The maximum atomic E-state index is 13.0. The Kier molecular flexibility index (Phi) is 9.12. The number of fused-ring (bicyclic) bond motifs is 1. The summed E-state index contributed by atoms with van der Waals surface area (Å²) in [6.07, 6.45) is 0.836. The van der Waals surface area contributed by atoms with Crippen LogP contribution in [0.25, 0.3) is 11.2 Å². The summed E-state index contributed by atoms with van der Waals surface area (Å²) in [5.74, 6) is -0.670. The number of carbonyl (C=O) groups excluding carboxylic acids is 1. The number of amides is 1. The molecule has 0 bridgehead atoms. The number of carbonyl (C=O) groups is 1. The molecule has 1 fully saturated rings. The van der Waals surface area contributed by atoms with E-state index in [1.165, 1.54) is 23.0 Å². The van der Waals surface area contributed by atoms with E-state index in [4.69, 9.17) is 9.16 Å². The van der Waals surface area contributed by atoms with Crippen molar-refractivity contribution in [2.75, 3.05) is 18.5 Å². The zero-order valence-electron chi connectivity index (χ0n) is 26.2. The quantitative estimate of drug-likeness (QED) is 0.197. The highest BCUT2D eigenvalue weighted by Crippen LogP contribution is 2.40. The zero-order chi connectivity index (χ0) is 32.3. The molecule has 3 N–H and O–H groups in total. The molecule has 11 heteroatoms. The molecule has 1 aliphatic rings. The van der Waals surface area contributed by atoms with E-state index >= 15 is 0 Å². The number of hydrogen-bond acceptors (Lipinski definition) is 8. The molecule has 0 saturated carbocycles. The van der Waals surface area contributed by atoms with Gasteiger partial charge < -0.3 is 24.7 Å². The second-order valence-electron chi connectivity index (χ2n) is 12.6. The molecule has 0 spiro atoms. The Bertz CT molecular complexity index is 1730. The molecule has 3 aromatic carbocycles. The van der Waals surface area contributed by atoms with Crippen molar-refractivity contribution >= 4 is 41.6 Å². The van der Waals surface area contributed by atoms with E-state index in [1.54, 1.807) is 28.8 Å². The summed E-state index contributed by atoms with van der Waals surface area (Å²) >= 11 is 0. The van der Waals surface area contributed by atoms with E-state index in [-0.39, 0.29) is 23.4 Å². The third kappa shape index (κ3) is 5.88. The molecule has 5 aromatic rings. The number of hydrogen-bond donors (Lipinski definition) is 3. The third-order valence-electron chi connectivity index (χ3n) is 8.78. The van der Waals surface area contributed by atoms with E-state index in [9.17, 15) is 15.0 Å². The number of aromatic nitrogens is 4. The van der Waals surface area contributed by atoms with Gasteiger partial charge in [0.1, 0.15) is 24.3 Å². The molecule has 1 amide bonds. The minimum Gasteiger partial charge on any atom is -0.407 e. The Hall–Kier alpha value is -4.26. The summed E-state index contributed by atoms with van der Waals surface area (Å²) in [5, 5.41) is 26.9. The van der Waals surface area contributed by atoms with Crippen molar-refractivity contribution in [3.05, 3.63) is 109 Å². The smallest absolute Gasteiger partial charge is 0.261 e. The number of anilines is 1. The lowest BCUT2D eigenvalue weighted by Gasteiger charge is -2.43. The Labute approximate surface area is 269 Å². The van der Waals surface area contributed by atoms with Crippen molar-refractivity contribution < 1.29 is 24.2 Å². The van der Waals surface area contributed by atoms with Crippen LogP contribution in [0.15, 0.2) is 104 Å². The number of rotatable bonds is 10. The van der Waals surface area contributed by atoms with Gasteiger partial charge in [0.05, 0.1) is 12.7 Å². The van der Waals surface area contributed by atoms with E-state index in [1.807, 2.05) is 42.5 Å². The van der Waals surface area contributed by atoms with Crippen LogP contribution in [0.1, 0.15) is 43.8 Å². The minimum atomic E-state index is -2.78. The molecule has 1 aliphatic heterocycles. The van der Waals surface area contributed by atoms with Crippen molar-refractivity contribution in [3.63, 3.8) is 0 Å². The number of ether oxygens (including phenoxy) is 1. The van der Waals surface area contributed by atoms with Crippen LogP contribution in [-0.4, -0.2) is 69.4 Å². The predicted octanol–water partition coefficient (Wildman–Crippen LogP) is 3.91. The second kappa shape index (κ2) is 13.2. The van der Waals surface area contributed by atoms with Crippen molar-refractivity contribution in [1.82, 2.24) is 19.5 Å². The second-order valence-corrected chi connectivity index (χ2v) is 16.9. The Morgan fingerprint density at radius 3 is 2.13 bits per heavy atom. The van der Waals surface area contributed by atoms with Gasteiger partial charge >= 0.3 is 0 Å². The fourth-order valence-corrected chi connectivity index (χ4v) is 11.1. The number of imidazole rings is 1. The first-order chi connectivity index (χ1) is 22.2. The lowest BCUT2D eigenvalue weighted by molar-refractivity contribution is -0.0394. The zero-order valence-corrected chi connectivity index (χ0v) is 27.2. The molecular formula is C35H39N5O5Si. The lowest BCUT2D eigenvalue weighted by Crippen LogP contribution is -2.66. The van der Waals surface area contributed by atoms with Crippen molar-refractivity contribution in [2.45, 2.75) is 50.7 Å². The lowest BCUT2D eigenvalue weighted by atomic mass is 9.97. The van der Waals surface area contributed by atoms with E-state index in [0.29, 0.717) is 29.8 Å².